The molecule has 2 aromatic rings. The summed E-state index contributed by atoms with van der Waals surface area (Å²) in [7, 11) is 0. The van der Waals surface area contributed by atoms with E-state index in [2.05, 4.69) is 15.3 Å². The molecule has 0 bridgehead atoms. The van der Waals surface area contributed by atoms with Crippen molar-refractivity contribution in [1.82, 2.24) is 9.97 Å². The van der Waals surface area contributed by atoms with Crippen molar-refractivity contribution in [3.8, 4) is 12.1 Å². The van der Waals surface area contributed by atoms with Crippen LogP contribution in [0.25, 0.3) is 0 Å². The zero-order chi connectivity index (χ0) is 19.8. The van der Waals surface area contributed by atoms with Crippen molar-refractivity contribution in [2.45, 2.75) is 19.8 Å². The fraction of sp³-hybridized carbons (Fsp3) is 0.294. The Morgan fingerprint density at radius 2 is 1.93 bits per heavy atom. The summed E-state index contributed by atoms with van der Waals surface area (Å²) in [5.41, 5.74) is 0.975. The van der Waals surface area contributed by atoms with Crippen LogP contribution in [0.3, 0.4) is 0 Å². The summed E-state index contributed by atoms with van der Waals surface area (Å²) in [6.07, 6.45) is 1.49. The Labute approximate surface area is 161 Å². The molecule has 10 heteroatoms. The minimum Gasteiger partial charge on any atom is -0.349 e. The number of halogens is 1. The van der Waals surface area contributed by atoms with Crippen molar-refractivity contribution in [3.63, 3.8) is 0 Å². The first-order chi connectivity index (χ1) is 13.0. The van der Waals surface area contributed by atoms with E-state index in [1.54, 1.807) is 30.0 Å². The van der Waals surface area contributed by atoms with E-state index in [1.807, 2.05) is 12.1 Å². The highest BCUT2D eigenvalue weighted by atomic mass is 35.5. The lowest BCUT2D eigenvalue weighted by Crippen LogP contribution is -2.27. The van der Waals surface area contributed by atoms with Crippen LogP contribution in [0.5, 0.6) is 0 Å². The van der Waals surface area contributed by atoms with Crippen LogP contribution in [0.15, 0.2) is 24.5 Å². The molecule has 0 unspecified atom stereocenters. The maximum atomic E-state index is 11.7. The molecule has 1 heterocycles. The number of hydrogen-bond acceptors (Lipinski definition) is 8. The van der Waals surface area contributed by atoms with E-state index in [4.69, 9.17) is 22.1 Å². The first-order valence-electron chi connectivity index (χ1n) is 8.00. The van der Waals surface area contributed by atoms with Crippen molar-refractivity contribution < 1.29 is 4.92 Å². The predicted molar refractivity (Wildman–Crippen MR) is 101 cm³/mol. The second kappa shape index (κ2) is 9.32. The fourth-order valence-electron chi connectivity index (χ4n) is 2.42. The van der Waals surface area contributed by atoms with Gasteiger partial charge in [0, 0.05) is 23.8 Å². The Balaban J connectivity index is 2.49. The van der Waals surface area contributed by atoms with Gasteiger partial charge < -0.3 is 10.2 Å². The van der Waals surface area contributed by atoms with Crippen LogP contribution < -0.4 is 10.2 Å². The van der Waals surface area contributed by atoms with Gasteiger partial charge in [-0.25, -0.2) is 9.97 Å². The van der Waals surface area contributed by atoms with Crippen LogP contribution in [0.4, 0.5) is 23.0 Å². The summed E-state index contributed by atoms with van der Waals surface area (Å²) in [5, 5.41) is 32.9. The van der Waals surface area contributed by atoms with Crippen LogP contribution in [0, 0.1) is 39.7 Å². The van der Waals surface area contributed by atoms with Crippen LogP contribution in [0.1, 0.15) is 18.4 Å². The Kier molecular flexibility index (Phi) is 6.86. The van der Waals surface area contributed by atoms with Gasteiger partial charge in [-0.3, -0.25) is 10.1 Å². The van der Waals surface area contributed by atoms with Crippen LogP contribution >= 0.6 is 11.6 Å². The van der Waals surface area contributed by atoms with Crippen LogP contribution in [-0.2, 0) is 0 Å². The summed E-state index contributed by atoms with van der Waals surface area (Å²) >= 11 is 6.10. The van der Waals surface area contributed by atoms with Gasteiger partial charge in [0.15, 0.2) is 0 Å². The Hall–Kier alpha value is -3.43. The first-order valence-corrected chi connectivity index (χ1v) is 8.37. The molecule has 0 aliphatic rings. The van der Waals surface area contributed by atoms with E-state index < -0.39 is 4.92 Å². The molecule has 0 aliphatic carbocycles. The molecule has 9 nitrogen and oxygen atoms in total. The second-order valence-corrected chi connectivity index (χ2v) is 5.90. The molecule has 1 aromatic carbocycles. The summed E-state index contributed by atoms with van der Waals surface area (Å²) in [6.45, 7) is 2.21. The fourth-order valence-corrected chi connectivity index (χ4v) is 2.60. The van der Waals surface area contributed by atoms with Crippen LogP contribution in [0.2, 0.25) is 5.02 Å². The molecule has 0 amide bonds. The van der Waals surface area contributed by atoms with Gasteiger partial charge in [-0.05, 0) is 24.6 Å². The average molecular weight is 386 g/mol. The SMILES string of the molecule is Cc1c(Cl)cccc1Nc1ncnc(N(CCC#N)CCC#N)c1[N+](=O)[O-]. The number of nitro groups is 1. The van der Waals surface area contributed by atoms with Gasteiger partial charge in [0.05, 0.1) is 29.9 Å². The van der Waals surface area contributed by atoms with E-state index in [0.717, 1.165) is 5.56 Å². The second-order valence-electron chi connectivity index (χ2n) is 5.49. The molecule has 0 saturated heterocycles. The number of benzene rings is 1. The van der Waals surface area contributed by atoms with Gasteiger partial charge in [-0.1, -0.05) is 17.7 Å². The van der Waals surface area contributed by atoms with E-state index in [1.165, 1.54) is 6.33 Å². The van der Waals surface area contributed by atoms with Crippen molar-refractivity contribution >= 4 is 34.6 Å². The maximum absolute atomic E-state index is 11.7. The molecule has 1 N–H and O–H groups in total. The summed E-state index contributed by atoms with van der Waals surface area (Å²) < 4.78 is 0. The number of hydrogen-bond donors (Lipinski definition) is 1. The molecule has 0 saturated carbocycles. The van der Waals surface area contributed by atoms with Gasteiger partial charge in [0.25, 0.3) is 0 Å². The molecule has 138 valence electrons. The van der Waals surface area contributed by atoms with E-state index >= 15 is 0 Å². The number of nitrogens with zero attached hydrogens (tertiary/aromatic N) is 6. The minimum atomic E-state index is -0.580. The lowest BCUT2D eigenvalue weighted by Gasteiger charge is -2.21. The first kappa shape index (κ1) is 19.9. The third kappa shape index (κ3) is 4.81. The summed E-state index contributed by atoms with van der Waals surface area (Å²) in [6, 6.07) is 9.15. The lowest BCUT2D eigenvalue weighted by atomic mass is 10.2. The molecule has 0 fully saturated rings. The number of rotatable bonds is 8. The van der Waals surface area contributed by atoms with Gasteiger partial charge in [-0.15, -0.1) is 0 Å². The van der Waals surface area contributed by atoms with Gasteiger partial charge in [-0.2, -0.15) is 10.5 Å². The molecule has 27 heavy (non-hydrogen) atoms. The van der Waals surface area contributed by atoms with E-state index in [9.17, 15) is 10.1 Å². The molecule has 2 rings (SSSR count). The number of anilines is 3. The molecular weight excluding hydrogens is 370 g/mol. The Bertz CT molecular complexity index is 902. The normalized spacial score (nSPS) is 9.93. The zero-order valence-electron chi connectivity index (χ0n) is 14.5. The van der Waals surface area contributed by atoms with Gasteiger partial charge in [0.1, 0.15) is 6.33 Å². The minimum absolute atomic E-state index is 0.00859. The lowest BCUT2D eigenvalue weighted by molar-refractivity contribution is -0.383. The van der Waals surface area contributed by atoms with Crippen molar-refractivity contribution in [2.75, 3.05) is 23.3 Å². The third-order valence-electron chi connectivity index (χ3n) is 3.79. The van der Waals surface area contributed by atoms with E-state index in [0.29, 0.717) is 10.7 Å². The molecule has 0 aliphatic heterocycles. The number of nitrogens with one attached hydrogen (secondary N) is 1. The quantitative estimate of drug-likeness (QED) is 0.537. The zero-order valence-corrected chi connectivity index (χ0v) is 15.3. The molecule has 0 spiro atoms. The van der Waals surface area contributed by atoms with Crippen LogP contribution in [-0.4, -0.2) is 28.0 Å². The monoisotopic (exact) mass is 385 g/mol. The standard InChI is InChI=1S/C17H16ClN7O2/c1-12-13(18)5-2-6-14(12)23-16-15(25(26)27)17(22-11-21-16)24(9-3-7-19)10-4-8-20/h2,5-6,11H,3-4,9-10H2,1H3,(H,21,22,23). The molecule has 0 radical (unpaired) electrons. The summed E-state index contributed by atoms with van der Waals surface area (Å²) in [4.78, 5) is 20.7. The highest BCUT2D eigenvalue weighted by molar-refractivity contribution is 6.31. The Morgan fingerprint density at radius 1 is 1.26 bits per heavy atom. The van der Waals surface area contributed by atoms with Gasteiger partial charge >= 0.3 is 5.69 Å². The van der Waals surface area contributed by atoms with Crippen molar-refractivity contribution in [3.05, 3.63) is 45.2 Å². The topological polar surface area (TPSA) is 132 Å². The predicted octanol–water partition coefficient (Wildman–Crippen LogP) is 3.72. The molecule has 0 atom stereocenters. The van der Waals surface area contributed by atoms with Crippen molar-refractivity contribution in [2.24, 2.45) is 0 Å². The Morgan fingerprint density at radius 3 is 2.52 bits per heavy atom. The average Bonchev–Trinajstić information content (AvgIpc) is 2.65. The highest BCUT2D eigenvalue weighted by Crippen LogP contribution is 2.35. The maximum Gasteiger partial charge on any atom is 0.353 e. The van der Waals surface area contributed by atoms with Gasteiger partial charge in [0.2, 0.25) is 11.6 Å². The molecular formula is C17H16ClN7O2. The number of aromatic nitrogens is 2. The van der Waals surface area contributed by atoms with E-state index in [-0.39, 0.29) is 43.3 Å². The third-order valence-corrected chi connectivity index (χ3v) is 4.20. The van der Waals surface area contributed by atoms with Crippen molar-refractivity contribution in [1.29, 1.82) is 10.5 Å². The number of nitriles is 2. The smallest absolute Gasteiger partial charge is 0.349 e. The summed E-state index contributed by atoms with van der Waals surface area (Å²) in [5.74, 6) is 0.0666. The molecule has 1 aromatic heterocycles. The highest BCUT2D eigenvalue weighted by Gasteiger charge is 2.27. The largest absolute Gasteiger partial charge is 0.353 e.